The number of carbonyl (C=O) groups excluding carboxylic acids is 1. The van der Waals surface area contributed by atoms with Gasteiger partial charge in [0.25, 0.3) is 0 Å². The van der Waals surface area contributed by atoms with Gasteiger partial charge in [-0.2, -0.15) is 0 Å². The van der Waals surface area contributed by atoms with Crippen LogP contribution in [0.25, 0.3) is 0 Å². The van der Waals surface area contributed by atoms with Crippen molar-refractivity contribution in [3.63, 3.8) is 0 Å². The van der Waals surface area contributed by atoms with E-state index in [1.54, 1.807) is 0 Å². The highest BCUT2D eigenvalue weighted by atomic mass is 16.1. The predicted octanol–water partition coefficient (Wildman–Crippen LogP) is 2.64. The maximum Gasteiger partial charge on any atom is 0.166 e. The molecule has 0 unspecified atom stereocenters. The van der Waals surface area contributed by atoms with E-state index >= 15 is 0 Å². The van der Waals surface area contributed by atoms with Crippen molar-refractivity contribution in [2.45, 2.75) is 25.7 Å². The number of fused-ring (bicyclic) bond motifs is 1. The Morgan fingerprint density at radius 3 is 3.00 bits per heavy atom. The molecule has 2 aliphatic rings. The summed E-state index contributed by atoms with van der Waals surface area (Å²) in [5.41, 5.74) is 3.40. The Kier molecular flexibility index (Phi) is 2.01. The normalized spacial score (nSPS) is 19.2. The van der Waals surface area contributed by atoms with Crippen LogP contribution < -0.4 is 5.32 Å². The lowest BCUT2D eigenvalue weighted by atomic mass is 9.94. The van der Waals surface area contributed by atoms with E-state index in [-0.39, 0.29) is 0 Å². The molecule has 1 heterocycles. The van der Waals surface area contributed by atoms with Gasteiger partial charge in [0.15, 0.2) is 5.78 Å². The van der Waals surface area contributed by atoms with Crippen LogP contribution in [0.4, 0.5) is 5.69 Å². The predicted molar refractivity (Wildman–Crippen MR) is 60.3 cm³/mol. The lowest BCUT2D eigenvalue weighted by Gasteiger charge is -2.20. The van der Waals surface area contributed by atoms with E-state index in [1.165, 1.54) is 11.3 Å². The van der Waals surface area contributed by atoms with Gasteiger partial charge in [0.1, 0.15) is 0 Å². The Bertz CT molecular complexity index is 407. The van der Waals surface area contributed by atoms with Crippen LogP contribution in [-0.2, 0) is 6.42 Å². The highest BCUT2D eigenvalue weighted by Gasteiger charge is 2.32. The third kappa shape index (κ3) is 1.54. The zero-order chi connectivity index (χ0) is 10.3. The molecule has 1 aliphatic carbocycles. The van der Waals surface area contributed by atoms with Crippen molar-refractivity contribution >= 4 is 11.5 Å². The molecule has 0 atom stereocenters. The molecule has 1 fully saturated rings. The number of carbonyl (C=O) groups is 1. The van der Waals surface area contributed by atoms with Crippen molar-refractivity contribution in [3.8, 4) is 0 Å². The smallest absolute Gasteiger partial charge is 0.166 e. The summed E-state index contributed by atoms with van der Waals surface area (Å²) in [6.07, 6.45) is 4.38. The average Bonchev–Trinajstić information content (AvgIpc) is 3.11. The molecule has 1 saturated carbocycles. The van der Waals surface area contributed by atoms with Crippen LogP contribution >= 0.6 is 0 Å². The van der Waals surface area contributed by atoms with Gasteiger partial charge in [0.2, 0.25) is 0 Å². The molecule has 78 valence electrons. The van der Waals surface area contributed by atoms with Gasteiger partial charge in [-0.3, -0.25) is 4.79 Å². The number of hydrogen-bond donors (Lipinski definition) is 1. The molecule has 0 aromatic heterocycles. The van der Waals surface area contributed by atoms with E-state index in [2.05, 4.69) is 11.4 Å². The molecule has 1 N–H and O–H groups in total. The van der Waals surface area contributed by atoms with Gasteiger partial charge in [0, 0.05) is 23.7 Å². The number of benzene rings is 1. The quantitative estimate of drug-likeness (QED) is 0.745. The van der Waals surface area contributed by atoms with Crippen LogP contribution in [0.2, 0.25) is 0 Å². The van der Waals surface area contributed by atoms with E-state index < -0.39 is 0 Å². The van der Waals surface area contributed by atoms with E-state index in [9.17, 15) is 4.79 Å². The van der Waals surface area contributed by atoms with Gasteiger partial charge in [-0.1, -0.05) is 12.1 Å². The van der Waals surface area contributed by atoms with Gasteiger partial charge in [0.05, 0.1) is 0 Å². The number of rotatable bonds is 2. The first kappa shape index (κ1) is 8.96. The lowest BCUT2D eigenvalue weighted by molar-refractivity contribution is 0.0966. The Hall–Kier alpha value is -1.31. The second-order valence-corrected chi connectivity index (χ2v) is 4.50. The molecule has 0 radical (unpaired) electrons. The van der Waals surface area contributed by atoms with Crippen LogP contribution in [0.15, 0.2) is 18.2 Å². The Balaban J connectivity index is 2.02. The van der Waals surface area contributed by atoms with Crippen molar-refractivity contribution in [1.82, 2.24) is 0 Å². The molecule has 0 bridgehead atoms. The third-order valence-corrected chi connectivity index (χ3v) is 3.31. The Morgan fingerprint density at radius 1 is 1.33 bits per heavy atom. The van der Waals surface area contributed by atoms with Crippen LogP contribution in [0.1, 0.15) is 35.2 Å². The molecule has 1 aromatic rings. The first-order chi connectivity index (χ1) is 7.36. The van der Waals surface area contributed by atoms with Gasteiger partial charge in [-0.05, 0) is 37.3 Å². The second-order valence-electron chi connectivity index (χ2n) is 4.50. The van der Waals surface area contributed by atoms with Crippen LogP contribution in [0, 0.1) is 5.92 Å². The molecule has 2 nitrogen and oxygen atoms in total. The lowest BCUT2D eigenvalue weighted by Crippen LogP contribution is -2.16. The Labute approximate surface area is 89.7 Å². The van der Waals surface area contributed by atoms with Gasteiger partial charge < -0.3 is 5.32 Å². The summed E-state index contributed by atoms with van der Waals surface area (Å²) in [5, 5.41) is 3.36. The summed E-state index contributed by atoms with van der Waals surface area (Å²) < 4.78 is 0. The Morgan fingerprint density at radius 2 is 2.20 bits per heavy atom. The summed E-state index contributed by atoms with van der Waals surface area (Å²) in [4.78, 5) is 12.1. The molecule has 0 amide bonds. The van der Waals surface area contributed by atoms with Crippen LogP contribution in [-0.4, -0.2) is 12.3 Å². The molecular formula is C13H15NO. The zero-order valence-electron chi connectivity index (χ0n) is 8.75. The van der Waals surface area contributed by atoms with E-state index in [0.29, 0.717) is 11.7 Å². The van der Waals surface area contributed by atoms with Crippen molar-refractivity contribution in [2.75, 3.05) is 11.9 Å². The first-order valence-electron chi connectivity index (χ1n) is 5.76. The molecular weight excluding hydrogens is 186 g/mol. The summed E-state index contributed by atoms with van der Waals surface area (Å²) in [6.45, 7) is 1.04. The van der Waals surface area contributed by atoms with Crippen molar-refractivity contribution < 1.29 is 4.79 Å². The minimum atomic E-state index is 0.332. The third-order valence-electron chi connectivity index (χ3n) is 3.31. The first-order valence-corrected chi connectivity index (χ1v) is 5.76. The fourth-order valence-corrected chi connectivity index (χ4v) is 2.31. The molecule has 1 aromatic carbocycles. The summed E-state index contributed by atoms with van der Waals surface area (Å²) >= 11 is 0. The van der Waals surface area contributed by atoms with Gasteiger partial charge in [-0.25, -0.2) is 0 Å². The molecule has 2 heteroatoms. The fraction of sp³-hybridized carbons (Fsp3) is 0.462. The van der Waals surface area contributed by atoms with Crippen LogP contribution in [0.5, 0.6) is 0 Å². The van der Waals surface area contributed by atoms with E-state index in [4.69, 9.17) is 0 Å². The van der Waals surface area contributed by atoms with E-state index in [0.717, 1.165) is 37.8 Å². The number of ketones is 1. The monoisotopic (exact) mass is 201 g/mol. The maximum absolute atomic E-state index is 12.1. The number of hydrogen-bond acceptors (Lipinski definition) is 2. The highest BCUT2D eigenvalue weighted by Crippen LogP contribution is 2.35. The highest BCUT2D eigenvalue weighted by molar-refractivity contribution is 6.01. The van der Waals surface area contributed by atoms with Crippen LogP contribution in [0.3, 0.4) is 0 Å². The largest absolute Gasteiger partial charge is 0.385 e. The maximum atomic E-state index is 12.1. The topological polar surface area (TPSA) is 29.1 Å². The number of anilines is 1. The summed E-state index contributed by atoms with van der Waals surface area (Å²) in [7, 11) is 0. The van der Waals surface area contributed by atoms with Crippen molar-refractivity contribution in [2.24, 2.45) is 5.92 Å². The SMILES string of the molecule is O=C(c1cccc2c1CCCN2)C1CC1. The molecule has 0 spiro atoms. The second kappa shape index (κ2) is 3.37. The summed E-state index contributed by atoms with van der Waals surface area (Å²) in [5.74, 6) is 0.703. The van der Waals surface area contributed by atoms with Gasteiger partial charge >= 0.3 is 0 Å². The average molecular weight is 201 g/mol. The van der Waals surface area contributed by atoms with E-state index in [1.807, 2.05) is 12.1 Å². The van der Waals surface area contributed by atoms with Crippen molar-refractivity contribution in [1.29, 1.82) is 0 Å². The zero-order valence-corrected chi connectivity index (χ0v) is 8.75. The minimum absolute atomic E-state index is 0.332. The number of nitrogens with one attached hydrogen (secondary N) is 1. The standard InChI is InChI=1S/C13H15NO/c15-13(9-6-7-9)11-3-1-5-12-10(11)4-2-8-14-12/h1,3,5,9,14H,2,4,6-8H2. The minimum Gasteiger partial charge on any atom is -0.385 e. The van der Waals surface area contributed by atoms with Gasteiger partial charge in [-0.15, -0.1) is 0 Å². The van der Waals surface area contributed by atoms with Crippen molar-refractivity contribution in [3.05, 3.63) is 29.3 Å². The summed E-state index contributed by atoms with van der Waals surface area (Å²) in [6, 6.07) is 6.07. The molecule has 1 aliphatic heterocycles. The molecule has 0 saturated heterocycles. The number of Topliss-reactive ketones (excluding diaryl/α,β-unsaturated/α-hetero) is 1. The molecule has 15 heavy (non-hydrogen) atoms. The fourth-order valence-electron chi connectivity index (χ4n) is 2.31. The molecule has 3 rings (SSSR count).